The van der Waals surface area contributed by atoms with Crippen molar-refractivity contribution in [3.8, 4) is 11.5 Å². The number of aromatic amines is 1. The van der Waals surface area contributed by atoms with E-state index in [1.807, 2.05) is 6.92 Å². The molecule has 2 fully saturated rings. The number of H-pyrrole nitrogens is 1. The van der Waals surface area contributed by atoms with Crippen LogP contribution in [0.1, 0.15) is 61.0 Å². The van der Waals surface area contributed by atoms with Gasteiger partial charge >= 0.3 is 26.3 Å². The number of benzene rings is 2. The minimum Gasteiger partial charge on any atom is -0.427 e. The third-order valence-electron chi connectivity index (χ3n) is 10.9. The fourth-order valence-corrected chi connectivity index (χ4v) is 11.4. The van der Waals surface area contributed by atoms with Gasteiger partial charge < -0.3 is 44.6 Å². The lowest BCUT2D eigenvalue weighted by Gasteiger charge is -2.32. The van der Waals surface area contributed by atoms with Crippen molar-refractivity contribution < 1.29 is 69.6 Å². The average Bonchev–Trinajstić information content (AvgIpc) is 4.05. The highest BCUT2D eigenvalue weighted by molar-refractivity contribution is 8.54. The number of ether oxygens (including phenoxy) is 5. The molecular formula is C41H46F2N10O14P2S. The van der Waals surface area contributed by atoms with Crippen LogP contribution in [0, 0.1) is 0 Å². The number of rotatable bonds is 13. The number of nitrogens with two attached hydrogens (primary N) is 2. The molecule has 0 bridgehead atoms. The maximum atomic E-state index is 17.1. The molecule has 2 unspecified atom stereocenters. The molecule has 0 amide bonds. The Morgan fingerprint density at radius 1 is 0.900 bits per heavy atom. The van der Waals surface area contributed by atoms with Crippen molar-refractivity contribution in [3.63, 3.8) is 0 Å². The van der Waals surface area contributed by atoms with Gasteiger partial charge in [-0.2, -0.15) is 4.98 Å². The van der Waals surface area contributed by atoms with E-state index < -0.39 is 88.6 Å². The second-order valence-electron chi connectivity index (χ2n) is 15.8. The van der Waals surface area contributed by atoms with Gasteiger partial charge in [0.15, 0.2) is 47.4 Å². The van der Waals surface area contributed by atoms with Crippen molar-refractivity contribution in [2.45, 2.75) is 81.5 Å². The van der Waals surface area contributed by atoms with Gasteiger partial charge in [-0.15, -0.1) is 0 Å². The van der Waals surface area contributed by atoms with Crippen molar-refractivity contribution in [3.05, 3.63) is 89.0 Å². The highest BCUT2D eigenvalue weighted by atomic mass is 32.7. The van der Waals surface area contributed by atoms with Crippen LogP contribution in [0.2, 0.25) is 0 Å². The summed E-state index contributed by atoms with van der Waals surface area (Å²) in [5, 5.41) is 0. The number of nitrogens with one attached hydrogen (secondary N) is 1. The second-order valence-corrected chi connectivity index (χ2v) is 21.6. The molecule has 8 rings (SSSR count). The maximum absolute atomic E-state index is 17.1. The third-order valence-corrected chi connectivity index (χ3v) is 15.6. The van der Waals surface area contributed by atoms with E-state index in [0.717, 1.165) is 37.2 Å². The number of nitrogen functional groups attached to an aromatic ring is 2. The van der Waals surface area contributed by atoms with Crippen LogP contribution in [0.5, 0.6) is 11.5 Å². The molecule has 2 aliphatic heterocycles. The number of alkyl halides is 2. The number of aromatic nitrogens is 8. The molecule has 70 heavy (non-hydrogen) atoms. The van der Waals surface area contributed by atoms with Gasteiger partial charge in [0, 0.05) is 19.3 Å². The fraction of sp³-hybridized carbons (Fsp3) is 0.415. The maximum Gasteiger partial charge on any atom is 0.391 e. The summed E-state index contributed by atoms with van der Waals surface area (Å²) in [6.07, 6.45) is -8.17. The van der Waals surface area contributed by atoms with Gasteiger partial charge in [0.2, 0.25) is 5.95 Å². The first-order valence-corrected chi connectivity index (χ1v) is 26.3. The average molecular weight is 1030 g/mol. The summed E-state index contributed by atoms with van der Waals surface area (Å²) in [5.41, 5.74) is 11.2. The third kappa shape index (κ3) is 11.5. The first-order valence-electron chi connectivity index (χ1n) is 21.4. The number of carbonyl (C=O) groups is 2. The SMILES string of the molecule is CCCCCC(=O)Oc1ccc(C(=O)Oc2ccc(CSP3(=O)OC[C@H]4O[C@@H](n5cnc6c(N)ncnc65)[C@H](F)[C@@H]4OCP(=O)(O)OC[C@@H](OC)[C@@H](F)[C@H](n4cnc5c(=O)[nH]c(N)nc54)O3)cc2)cc1. The Morgan fingerprint density at radius 2 is 1.60 bits per heavy atom. The summed E-state index contributed by atoms with van der Waals surface area (Å²) in [6, 6.07) is 11.9. The summed E-state index contributed by atoms with van der Waals surface area (Å²) in [5.74, 6) is -1.25. The highest BCUT2D eigenvalue weighted by Gasteiger charge is 2.50. The van der Waals surface area contributed by atoms with Gasteiger partial charge in [0.05, 0.1) is 31.4 Å². The molecule has 0 saturated carbocycles. The normalized spacial score (nSPS) is 26.7. The van der Waals surface area contributed by atoms with E-state index in [4.69, 9.17) is 48.7 Å². The van der Waals surface area contributed by atoms with Crippen LogP contribution in [0.15, 0.2) is 72.3 Å². The van der Waals surface area contributed by atoms with Crippen LogP contribution < -0.4 is 26.5 Å². The van der Waals surface area contributed by atoms with Gasteiger partial charge in [-0.1, -0.05) is 31.9 Å². The summed E-state index contributed by atoms with van der Waals surface area (Å²) < 4.78 is 110. The molecule has 374 valence electrons. The van der Waals surface area contributed by atoms with Crippen molar-refractivity contribution in [1.82, 2.24) is 39.0 Å². The number of unbranched alkanes of at least 4 members (excludes halogenated alkanes) is 2. The standard InChI is InChI=1S/C41H46F2N10O14P2S/c1-3-4-5-6-28(54)64-24-13-9-23(10-14-24)40(56)65-25-11-7-22(8-12-25)17-70-69(59)63-16-27-33(30(43)38(66-27)52-19-48-31-34(44)46-18-47-35(31)52)61-21-68(57,58)62-15-26(60-2)29(42)39(67-69)53-20-49-32-36(53)50-41(45)51-37(32)55/h7-14,18-20,26-27,29-30,33,38-39H,3-6,15-17,21H2,1-2H3,(H,57,58)(H2,44,46,47)(H3,45,50,51,55)/t26-,27-,29-,30-,33-,38-,39-,69?/m1/s1. The number of imidazole rings is 2. The molecule has 2 aliphatic rings. The zero-order valence-corrected chi connectivity index (χ0v) is 39.8. The molecule has 0 radical (unpaired) electrons. The Hall–Kier alpha value is -5.73. The van der Waals surface area contributed by atoms with E-state index in [9.17, 15) is 23.8 Å². The predicted molar refractivity (Wildman–Crippen MR) is 245 cm³/mol. The number of methoxy groups -OCH3 is 1. The van der Waals surface area contributed by atoms with Gasteiger partial charge in [-0.3, -0.25) is 37.3 Å². The number of hydrogen-bond donors (Lipinski definition) is 4. The molecule has 0 spiro atoms. The lowest BCUT2D eigenvalue weighted by atomic mass is 10.1. The van der Waals surface area contributed by atoms with Gasteiger partial charge in [0.1, 0.15) is 48.0 Å². The Kier molecular flexibility index (Phi) is 15.7. The zero-order chi connectivity index (χ0) is 49.7. The molecule has 6 N–H and O–H groups in total. The molecule has 2 aromatic carbocycles. The monoisotopic (exact) mass is 1030 g/mol. The molecular weight excluding hydrogens is 989 g/mol. The molecule has 2 saturated heterocycles. The Balaban J connectivity index is 1.06. The summed E-state index contributed by atoms with van der Waals surface area (Å²) in [4.78, 5) is 71.3. The molecule has 4 aromatic heterocycles. The van der Waals surface area contributed by atoms with Crippen LogP contribution in [-0.4, -0.2) is 113 Å². The Morgan fingerprint density at radius 3 is 2.33 bits per heavy atom. The first kappa shape index (κ1) is 50.7. The van der Waals surface area contributed by atoms with E-state index in [0.29, 0.717) is 23.4 Å². The minimum atomic E-state index is -4.81. The number of esters is 2. The molecule has 24 nitrogen and oxygen atoms in total. The largest absolute Gasteiger partial charge is 0.427 e. The predicted octanol–water partition coefficient (Wildman–Crippen LogP) is 5.55. The van der Waals surface area contributed by atoms with Crippen LogP contribution in [0.25, 0.3) is 22.3 Å². The zero-order valence-electron chi connectivity index (χ0n) is 37.1. The quantitative estimate of drug-likeness (QED) is 0.0477. The van der Waals surface area contributed by atoms with Crippen molar-refractivity contribution in [2.75, 3.05) is 38.1 Å². The molecule has 29 heteroatoms. The summed E-state index contributed by atoms with van der Waals surface area (Å²) in [6.45, 7) is -4.49. The van der Waals surface area contributed by atoms with Crippen LogP contribution >= 0.6 is 25.8 Å². The summed E-state index contributed by atoms with van der Waals surface area (Å²) >= 11 is 0.562. The Labute approximate surface area is 399 Å². The van der Waals surface area contributed by atoms with Crippen molar-refractivity contribution >= 4 is 71.8 Å². The smallest absolute Gasteiger partial charge is 0.391 e. The van der Waals surface area contributed by atoms with Gasteiger partial charge in [-0.05, 0) is 59.8 Å². The molecule has 6 aromatic rings. The van der Waals surface area contributed by atoms with Crippen LogP contribution in [0.3, 0.4) is 0 Å². The highest BCUT2D eigenvalue weighted by Crippen LogP contribution is 2.65. The lowest BCUT2D eigenvalue weighted by molar-refractivity contribution is -0.134. The number of fused-ring (bicyclic) bond motifs is 3. The van der Waals surface area contributed by atoms with Crippen LogP contribution in [-0.2, 0) is 47.5 Å². The number of halogens is 2. The lowest BCUT2D eigenvalue weighted by Crippen LogP contribution is -2.38. The van der Waals surface area contributed by atoms with Gasteiger partial charge in [-0.25, -0.2) is 38.1 Å². The van der Waals surface area contributed by atoms with Crippen LogP contribution in [0.4, 0.5) is 20.5 Å². The molecule has 6 heterocycles. The number of nitrogens with zero attached hydrogens (tertiary/aromatic N) is 7. The number of hydrogen-bond acceptors (Lipinski definition) is 21. The van der Waals surface area contributed by atoms with Gasteiger partial charge in [0.25, 0.3) is 5.56 Å². The molecule has 0 aliphatic carbocycles. The summed E-state index contributed by atoms with van der Waals surface area (Å²) in [7, 11) is -3.74. The molecule has 9 atom stereocenters. The second kappa shape index (κ2) is 21.7. The minimum absolute atomic E-state index is 0.0108. The van der Waals surface area contributed by atoms with E-state index in [2.05, 4.69) is 29.9 Å². The van der Waals surface area contributed by atoms with E-state index in [1.165, 1.54) is 47.3 Å². The first-order chi connectivity index (χ1) is 33.5. The van der Waals surface area contributed by atoms with E-state index in [1.54, 1.807) is 12.1 Å². The van der Waals surface area contributed by atoms with Crippen molar-refractivity contribution in [1.29, 1.82) is 0 Å². The Bertz CT molecular complexity index is 2990. The van der Waals surface area contributed by atoms with E-state index >= 15 is 13.3 Å². The number of anilines is 2. The topological polar surface area (TPSA) is 322 Å². The number of carbonyl (C=O) groups excluding carboxylic acids is 2. The van der Waals surface area contributed by atoms with Crippen molar-refractivity contribution in [2.24, 2.45) is 0 Å². The fourth-order valence-electron chi connectivity index (χ4n) is 7.31. The van der Waals surface area contributed by atoms with E-state index in [-0.39, 0.29) is 69.3 Å².